The zero-order valence-electron chi connectivity index (χ0n) is 26.5. The molecule has 0 N–H and O–H groups in total. The van der Waals surface area contributed by atoms with Gasteiger partial charge in [-0.3, -0.25) is 14.6 Å². The summed E-state index contributed by atoms with van der Waals surface area (Å²) in [5.41, 5.74) is 1.34. The summed E-state index contributed by atoms with van der Waals surface area (Å²) in [6.07, 6.45) is -1.32. The minimum Gasteiger partial charge on any atom is -0.487 e. The van der Waals surface area contributed by atoms with Crippen LogP contribution >= 0.6 is 11.8 Å². The molecule has 0 radical (unpaired) electrons. The third-order valence-electron chi connectivity index (χ3n) is 7.45. The van der Waals surface area contributed by atoms with Gasteiger partial charge in [-0.05, 0) is 61.5 Å². The molecule has 0 unspecified atom stereocenters. The summed E-state index contributed by atoms with van der Waals surface area (Å²) in [6.45, 7) is 8.90. The molecule has 4 aromatic rings. The number of amides is 1. The van der Waals surface area contributed by atoms with Crippen molar-refractivity contribution in [2.24, 2.45) is 0 Å². The van der Waals surface area contributed by atoms with Gasteiger partial charge >= 0.3 is 11.7 Å². The van der Waals surface area contributed by atoms with Crippen LogP contribution in [0.1, 0.15) is 37.5 Å². The molecule has 8 nitrogen and oxygen atoms in total. The largest absolute Gasteiger partial charge is 0.487 e. The Kier molecular flexibility index (Phi) is 12.5. The maximum Gasteiger partial charge on any atom is 0.416 e. The van der Waals surface area contributed by atoms with Crippen LogP contribution in [0.5, 0.6) is 5.75 Å². The van der Waals surface area contributed by atoms with Gasteiger partial charge in [-0.1, -0.05) is 55.9 Å². The monoisotopic (exact) mass is 671 g/mol. The lowest BCUT2D eigenvalue weighted by Crippen LogP contribution is -2.40. The molecule has 4 rings (SSSR count). The topological polar surface area (TPSA) is 80.6 Å². The third kappa shape index (κ3) is 10.1. The molecule has 13 heteroatoms. The van der Waals surface area contributed by atoms with Gasteiger partial charge in [0.05, 0.1) is 24.1 Å². The number of alkyl halides is 3. The van der Waals surface area contributed by atoms with Crippen LogP contribution in [-0.2, 0) is 29.8 Å². The van der Waals surface area contributed by atoms with Gasteiger partial charge < -0.3 is 19.1 Å². The minimum absolute atomic E-state index is 0.0316. The Morgan fingerprint density at radius 2 is 1.62 bits per heavy atom. The summed E-state index contributed by atoms with van der Waals surface area (Å²) in [5, 5.41) is 0.322. The van der Waals surface area contributed by atoms with Crippen LogP contribution in [0.4, 0.5) is 17.6 Å². The predicted molar refractivity (Wildman–Crippen MR) is 174 cm³/mol. The average Bonchev–Trinajstić information content (AvgIpc) is 3.06. The molecule has 1 amide bonds. The van der Waals surface area contributed by atoms with Crippen LogP contribution in [0.3, 0.4) is 0 Å². The molecule has 0 fully saturated rings. The van der Waals surface area contributed by atoms with Gasteiger partial charge in [-0.2, -0.15) is 18.2 Å². The lowest BCUT2D eigenvalue weighted by atomic mass is 10.1. The van der Waals surface area contributed by atoms with E-state index < -0.39 is 17.3 Å². The molecule has 2 heterocycles. The van der Waals surface area contributed by atoms with E-state index in [2.05, 4.69) is 14.9 Å². The van der Waals surface area contributed by atoms with Gasteiger partial charge in [-0.15, -0.1) is 0 Å². The molecule has 2 aromatic carbocycles. The number of ether oxygens (including phenoxy) is 1. The maximum absolute atomic E-state index is 13.9. The molecule has 0 saturated carbocycles. The molecule has 47 heavy (non-hydrogen) atoms. The van der Waals surface area contributed by atoms with E-state index in [0.29, 0.717) is 35.3 Å². The Morgan fingerprint density at radius 3 is 2.21 bits per heavy atom. The highest BCUT2D eigenvalue weighted by atomic mass is 32.2. The van der Waals surface area contributed by atoms with Crippen molar-refractivity contribution in [1.29, 1.82) is 0 Å². The number of benzene rings is 2. The second-order valence-electron chi connectivity index (χ2n) is 10.6. The third-order valence-corrected chi connectivity index (χ3v) is 8.51. The number of rotatable bonds is 15. The van der Waals surface area contributed by atoms with Crippen molar-refractivity contribution < 1.29 is 27.1 Å². The first-order chi connectivity index (χ1) is 22.5. The highest BCUT2D eigenvalue weighted by Gasteiger charge is 2.30. The summed E-state index contributed by atoms with van der Waals surface area (Å²) in [5.74, 6) is -0.142. The lowest BCUT2D eigenvalue weighted by Gasteiger charge is -2.27. The second kappa shape index (κ2) is 16.6. The molecule has 0 aliphatic carbocycles. The summed E-state index contributed by atoms with van der Waals surface area (Å²) >= 11 is 1.25. The van der Waals surface area contributed by atoms with Gasteiger partial charge in [0.25, 0.3) is 0 Å². The van der Waals surface area contributed by atoms with E-state index in [9.17, 15) is 27.2 Å². The number of carbonyl (C=O) groups excluding carboxylic acids is 1. The number of likely N-dealkylation sites (N-methyl/N-ethyl adjacent to an activating group) is 1. The van der Waals surface area contributed by atoms with Crippen molar-refractivity contribution in [3.8, 4) is 17.0 Å². The Morgan fingerprint density at radius 1 is 0.936 bits per heavy atom. The SMILES string of the molecule is CCOc1cn(CC(=O)N(CCN(CC)CC)Cc2ccc(-c3ccc(C(F)(F)F)cc3)nc2)c(SCc2ccc(F)cc2)nc1=O. The first kappa shape index (κ1) is 35.6. The van der Waals surface area contributed by atoms with Crippen LogP contribution < -0.4 is 10.3 Å². The van der Waals surface area contributed by atoms with Crippen LogP contribution in [0.2, 0.25) is 0 Å². The van der Waals surface area contributed by atoms with Crippen molar-refractivity contribution in [2.75, 3.05) is 32.8 Å². The molecule has 0 bridgehead atoms. The average molecular weight is 672 g/mol. The van der Waals surface area contributed by atoms with E-state index in [4.69, 9.17) is 4.74 Å². The van der Waals surface area contributed by atoms with Crippen molar-refractivity contribution in [1.82, 2.24) is 24.3 Å². The van der Waals surface area contributed by atoms with Crippen molar-refractivity contribution in [2.45, 2.75) is 50.9 Å². The smallest absolute Gasteiger partial charge is 0.416 e. The number of pyridine rings is 1. The van der Waals surface area contributed by atoms with E-state index in [1.54, 1.807) is 46.9 Å². The molecule has 2 aromatic heterocycles. The number of hydrogen-bond acceptors (Lipinski definition) is 7. The molecule has 0 aliphatic rings. The Balaban J connectivity index is 1.56. The first-order valence-corrected chi connectivity index (χ1v) is 16.2. The van der Waals surface area contributed by atoms with Crippen molar-refractivity contribution in [3.63, 3.8) is 0 Å². The number of thioether (sulfide) groups is 1. The van der Waals surface area contributed by atoms with E-state index >= 15 is 0 Å². The van der Waals surface area contributed by atoms with Gasteiger partial charge in [0, 0.05) is 37.1 Å². The lowest BCUT2D eigenvalue weighted by molar-refractivity contribution is -0.137. The molecule has 0 saturated heterocycles. The summed E-state index contributed by atoms with van der Waals surface area (Å²) < 4.78 is 59.4. The molecular weight excluding hydrogens is 634 g/mol. The quantitative estimate of drug-likeness (QED) is 0.0809. The fourth-order valence-electron chi connectivity index (χ4n) is 4.75. The first-order valence-electron chi connectivity index (χ1n) is 15.2. The standard InChI is InChI=1S/C34H37F4N5O3S/c1-4-41(5-2)17-18-42(20-25-9-16-29(39-19-25)26-10-12-27(13-11-26)34(36,37)38)31(44)22-43-21-30(46-6-3)32(45)40-33(43)47-23-24-7-14-28(35)15-8-24/h7-16,19,21H,4-6,17-18,20,22-23H2,1-3H3. The molecule has 0 spiro atoms. The van der Waals surface area contributed by atoms with Crippen LogP contribution in [-0.4, -0.2) is 63.0 Å². The highest BCUT2D eigenvalue weighted by Crippen LogP contribution is 2.30. The number of hydrogen-bond donors (Lipinski definition) is 0. The number of carbonyl (C=O) groups is 1. The van der Waals surface area contributed by atoms with Crippen molar-refractivity contribution in [3.05, 3.63) is 106 Å². The fraction of sp³-hybridized carbons (Fsp3) is 0.353. The summed E-state index contributed by atoms with van der Waals surface area (Å²) in [4.78, 5) is 39.1. The summed E-state index contributed by atoms with van der Waals surface area (Å²) in [6, 6.07) is 14.3. The predicted octanol–water partition coefficient (Wildman–Crippen LogP) is 6.52. The number of aromatic nitrogens is 3. The van der Waals surface area contributed by atoms with Gasteiger partial charge in [0.1, 0.15) is 12.4 Å². The molecule has 250 valence electrons. The van der Waals surface area contributed by atoms with E-state index in [0.717, 1.165) is 36.3 Å². The van der Waals surface area contributed by atoms with Gasteiger partial charge in [0.15, 0.2) is 5.16 Å². The second-order valence-corrected chi connectivity index (χ2v) is 11.6. The number of nitrogens with zero attached hydrogens (tertiary/aromatic N) is 5. The molecule has 0 atom stereocenters. The van der Waals surface area contributed by atoms with Crippen LogP contribution in [0.15, 0.2) is 83.0 Å². The maximum atomic E-state index is 13.9. The van der Waals surface area contributed by atoms with E-state index in [1.165, 1.54) is 42.2 Å². The van der Waals surface area contributed by atoms with E-state index in [1.807, 2.05) is 13.8 Å². The Hall–Kier alpha value is -4.23. The van der Waals surface area contributed by atoms with Crippen LogP contribution in [0.25, 0.3) is 11.3 Å². The van der Waals surface area contributed by atoms with Gasteiger partial charge in [0.2, 0.25) is 11.7 Å². The zero-order valence-corrected chi connectivity index (χ0v) is 27.3. The number of halogens is 4. The Labute approximate surface area is 275 Å². The zero-order chi connectivity index (χ0) is 34.0. The minimum atomic E-state index is -4.42. The Bertz CT molecular complexity index is 1660. The fourth-order valence-corrected chi connectivity index (χ4v) is 5.67. The summed E-state index contributed by atoms with van der Waals surface area (Å²) in [7, 11) is 0. The molecular formula is C34H37F4N5O3S. The van der Waals surface area contributed by atoms with Crippen molar-refractivity contribution >= 4 is 17.7 Å². The van der Waals surface area contributed by atoms with E-state index in [-0.39, 0.29) is 37.2 Å². The molecule has 0 aliphatic heterocycles. The van der Waals surface area contributed by atoms with Gasteiger partial charge in [-0.25, -0.2) is 4.39 Å². The highest BCUT2D eigenvalue weighted by molar-refractivity contribution is 7.98. The van der Waals surface area contributed by atoms with Crippen LogP contribution in [0, 0.1) is 5.82 Å². The normalized spacial score (nSPS) is 11.6.